The largest absolute Gasteiger partial charge is 0.481 e. The number of benzene rings is 1. The van der Waals surface area contributed by atoms with Gasteiger partial charge in [0.25, 0.3) is 0 Å². The Labute approximate surface area is 141 Å². The van der Waals surface area contributed by atoms with E-state index in [2.05, 4.69) is 18.5 Å². The lowest BCUT2D eigenvalue weighted by atomic mass is 9.68. The second-order valence-corrected chi connectivity index (χ2v) is 5.83. The van der Waals surface area contributed by atoms with Crippen molar-refractivity contribution in [3.8, 4) is 0 Å². The smallest absolute Gasteiger partial charge is 0.330 e. The van der Waals surface area contributed by atoms with E-state index in [1.165, 1.54) is 6.08 Å². The molecule has 0 radical (unpaired) electrons. The van der Waals surface area contributed by atoms with Crippen LogP contribution >= 0.6 is 0 Å². The fourth-order valence-corrected chi connectivity index (χ4v) is 3.31. The van der Waals surface area contributed by atoms with Crippen LogP contribution in [0.3, 0.4) is 0 Å². The maximum atomic E-state index is 12.1. The Balaban J connectivity index is 2.66. The number of rotatable bonds is 7. The third-order valence-electron chi connectivity index (χ3n) is 4.32. The molecule has 126 valence electrons. The number of aliphatic carboxylic acids is 2. The average Bonchev–Trinajstić information content (AvgIpc) is 2.55. The van der Waals surface area contributed by atoms with Gasteiger partial charge in [-0.15, -0.1) is 13.2 Å². The van der Waals surface area contributed by atoms with E-state index in [9.17, 15) is 19.8 Å². The van der Waals surface area contributed by atoms with Crippen molar-refractivity contribution < 1.29 is 19.8 Å². The Hall–Kier alpha value is -2.82. The lowest BCUT2D eigenvalue weighted by Crippen LogP contribution is -2.62. The summed E-state index contributed by atoms with van der Waals surface area (Å²) < 4.78 is 0. The highest BCUT2D eigenvalue weighted by Crippen LogP contribution is 2.41. The molecule has 24 heavy (non-hydrogen) atoms. The molecule has 0 spiro atoms. The maximum absolute atomic E-state index is 12.1. The predicted molar refractivity (Wildman–Crippen MR) is 91.5 cm³/mol. The molecule has 1 aromatic rings. The van der Waals surface area contributed by atoms with Crippen molar-refractivity contribution in [2.24, 2.45) is 5.92 Å². The van der Waals surface area contributed by atoms with Gasteiger partial charge >= 0.3 is 11.9 Å². The summed E-state index contributed by atoms with van der Waals surface area (Å²) in [5.74, 6) is -4.08. The van der Waals surface area contributed by atoms with Crippen molar-refractivity contribution in [1.29, 1.82) is 0 Å². The van der Waals surface area contributed by atoms with Crippen LogP contribution in [0.15, 0.2) is 67.4 Å². The van der Waals surface area contributed by atoms with Gasteiger partial charge in [0.2, 0.25) is 0 Å². The van der Waals surface area contributed by atoms with Crippen LogP contribution < -0.4 is 5.32 Å². The number of hydrogen-bond acceptors (Lipinski definition) is 3. The summed E-state index contributed by atoms with van der Waals surface area (Å²) in [5, 5.41) is 22.6. The summed E-state index contributed by atoms with van der Waals surface area (Å²) in [5.41, 5.74) is -0.232. The molecule has 0 amide bonds. The molecular weight excluding hydrogens is 306 g/mol. The molecule has 0 saturated carbocycles. The summed E-state index contributed by atoms with van der Waals surface area (Å²) >= 11 is 0. The highest BCUT2D eigenvalue weighted by atomic mass is 16.4. The van der Waals surface area contributed by atoms with Crippen LogP contribution in [0.2, 0.25) is 0 Å². The van der Waals surface area contributed by atoms with Gasteiger partial charge in [0.05, 0.1) is 0 Å². The minimum absolute atomic E-state index is 0.00286. The minimum Gasteiger partial charge on any atom is -0.481 e. The molecule has 0 bridgehead atoms. The number of carboxylic acids is 2. The third-order valence-corrected chi connectivity index (χ3v) is 4.32. The molecule has 2 rings (SSSR count). The molecule has 5 nitrogen and oxygen atoms in total. The SMILES string of the molecule is C=CCC1=CC(c2ccccc2)C(C(=O)O)C(CC=C)(C(=O)O)N1. The van der Waals surface area contributed by atoms with Crippen molar-refractivity contribution in [2.75, 3.05) is 0 Å². The Bertz CT molecular complexity index is 680. The first kappa shape index (κ1) is 17.5. The molecule has 1 aliphatic heterocycles. The maximum Gasteiger partial charge on any atom is 0.330 e. The molecule has 1 aliphatic rings. The van der Waals surface area contributed by atoms with Gasteiger partial charge in [0.15, 0.2) is 5.54 Å². The van der Waals surface area contributed by atoms with E-state index >= 15 is 0 Å². The standard InChI is InChI=1S/C19H21NO4/c1-3-8-14-12-15(13-9-6-5-7-10-13)16(17(21)22)19(20-14,11-4-2)18(23)24/h3-7,9-10,12,15-16,20H,1-2,8,11H2,(H,21,22)(H,23,24). The summed E-state index contributed by atoms with van der Waals surface area (Å²) in [6, 6.07) is 9.09. The second-order valence-electron chi connectivity index (χ2n) is 5.83. The summed E-state index contributed by atoms with van der Waals surface area (Å²) in [6.45, 7) is 7.29. The van der Waals surface area contributed by atoms with Crippen LogP contribution in [0.4, 0.5) is 0 Å². The average molecular weight is 327 g/mol. The summed E-state index contributed by atoms with van der Waals surface area (Å²) in [6.07, 6.45) is 5.32. The molecule has 0 aliphatic carbocycles. The van der Waals surface area contributed by atoms with Gasteiger partial charge in [-0.3, -0.25) is 4.79 Å². The first-order valence-corrected chi connectivity index (χ1v) is 7.68. The van der Waals surface area contributed by atoms with Crippen LogP contribution in [-0.4, -0.2) is 27.7 Å². The number of carboxylic acid groups (broad SMARTS) is 2. The first-order chi connectivity index (χ1) is 11.5. The van der Waals surface area contributed by atoms with E-state index < -0.39 is 29.3 Å². The zero-order valence-corrected chi connectivity index (χ0v) is 13.3. The van der Waals surface area contributed by atoms with E-state index in [-0.39, 0.29) is 6.42 Å². The van der Waals surface area contributed by atoms with Gasteiger partial charge in [0.1, 0.15) is 5.92 Å². The Morgan fingerprint density at radius 1 is 1.17 bits per heavy atom. The highest BCUT2D eigenvalue weighted by molar-refractivity contribution is 5.89. The number of hydrogen-bond donors (Lipinski definition) is 3. The van der Waals surface area contributed by atoms with E-state index in [1.807, 2.05) is 30.3 Å². The fourth-order valence-electron chi connectivity index (χ4n) is 3.31. The second kappa shape index (κ2) is 7.17. The van der Waals surface area contributed by atoms with Gasteiger partial charge in [-0.1, -0.05) is 48.6 Å². The Morgan fingerprint density at radius 2 is 1.83 bits per heavy atom. The van der Waals surface area contributed by atoms with E-state index in [4.69, 9.17) is 0 Å². The first-order valence-electron chi connectivity index (χ1n) is 7.68. The topological polar surface area (TPSA) is 86.6 Å². The lowest BCUT2D eigenvalue weighted by Gasteiger charge is -2.43. The van der Waals surface area contributed by atoms with Gasteiger partial charge in [0, 0.05) is 18.0 Å². The molecule has 3 N–H and O–H groups in total. The van der Waals surface area contributed by atoms with Gasteiger partial charge in [-0.25, -0.2) is 4.79 Å². The highest BCUT2D eigenvalue weighted by Gasteiger charge is 2.54. The van der Waals surface area contributed by atoms with E-state index in [1.54, 1.807) is 12.2 Å². The van der Waals surface area contributed by atoms with Crippen molar-refractivity contribution in [3.63, 3.8) is 0 Å². The molecule has 1 heterocycles. The molecule has 1 aromatic carbocycles. The lowest BCUT2D eigenvalue weighted by molar-refractivity contribution is -0.158. The van der Waals surface area contributed by atoms with Crippen LogP contribution in [-0.2, 0) is 9.59 Å². The van der Waals surface area contributed by atoms with Crippen molar-refractivity contribution in [2.45, 2.75) is 24.3 Å². The molecule has 3 atom stereocenters. The van der Waals surface area contributed by atoms with Gasteiger partial charge in [-0.2, -0.15) is 0 Å². The van der Waals surface area contributed by atoms with Gasteiger partial charge in [-0.05, 0) is 12.0 Å². The van der Waals surface area contributed by atoms with E-state index in [0.717, 1.165) is 5.56 Å². The zero-order chi connectivity index (χ0) is 17.7. The number of nitrogens with one attached hydrogen (secondary N) is 1. The quantitative estimate of drug-likeness (QED) is 0.670. The monoisotopic (exact) mass is 327 g/mol. The number of carbonyl (C=O) groups is 2. The summed E-state index contributed by atoms with van der Waals surface area (Å²) in [7, 11) is 0. The van der Waals surface area contributed by atoms with Crippen molar-refractivity contribution in [3.05, 3.63) is 73.0 Å². The molecule has 5 heteroatoms. The minimum atomic E-state index is -1.65. The molecule has 3 unspecified atom stereocenters. The third kappa shape index (κ3) is 3.11. The molecule has 0 aromatic heterocycles. The van der Waals surface area contributed by atoms with E-state index in [0.29, 0.717) is 12.1 Å². The van der Waals surface area contributed by atoms with Crippen LogP contribution in [0.5, 0.6) is 0 Å². The van der Waals surface area contributed by atoms with Crippen LogP contribution in [0.1, 0.15) is 24.3 Å². The molecule has 0 fully saturated rings. The summed E-state index contributed by atoms with van der Waals surface area (Å²) in [4.78, 5) is 24.1. The van der Waals surface area contributed by atoms with Crippen LogP contribution in [0.25, 0.3) is 0 Å². The Morgan fingerprint density at radius 3 is 2.33 bits per heavy atom. The van der Waals surface area contributed by atoms with Gasteiger partial charge < -0.3 is 15.5 Å². The van der Waals surface area contributed by atoms with Crippen molar-refractivity contribution in [1.82, 2.24) is 5.32 Å². The zero-order valence-electron chi connectivity index (χ0n) is 13.3. The molecule has 0 saturated heterocycles. The van der Waals surface area contributed by atoms with Crippen LogP contribution in [0, 0.1) is 5.92 Å². The fraction of sp³-hybridized carbons (Fsp3) is 0.263. The van der Waals surface area contributed by atoms with Crippen molar-refractivity contribution >= 4 is 11.9 Å². The number of allylic oxidation sites excluding steroid dienone is 2. The Kier molecular flexibility index (Phi) is 5.24. The molecular formula is C19H21NO4. The predicted octanol–water partition coefficient (Wildman–Crippen LogP) is 2.93. The normalized spacial score (nSPS) is 25.9.